The molecule has 0 saturated carbocycles. The monoisotopic (exact) mass is 421 g/mol. The molecule has 1 aromatic heterocycles. The second kappa shape index (κ2) is 9.86. The highest BCUT2D eigenvalue weighted by Gasteiger charge is 2.28. The van der Waals surface area contributed by atoms with Crippen LogP contribution in [0.3, 0.4) is 0 Å². The van der Waals surface area contributed by atoms with Crippen molar-refractivity contribution < 1.29 is 4.79 Å². The van der Waals surface area contributed by atoms with E-state index in [2.05, 4.69) is 45.7 Å². The molecule has 1 saturated heterocycles. The van der Waals surface area contributed by atoms with Gasteiger partial charge in [0.25, 0.3) is 0 Å². The van der Waals surface area contributed by atoms with Crippen molar-refractivity contribution in [2.45, 2.75) is 44.7 Å². The molecule has 3 aromatic rings. The van der Waals surface area contributed by atoms with E-state index in [-0.39, 0.29) is 11.9 Å². The minimum Gasteiger partial charge on any atom is -0.354 e. The first-order valence-electron chi connectivity index (χ1n) is 10.7. The Morgan fingerprint density at radius 1 is 0.967 bits per heavy atom. The molecule has 1 aliphatic heterocycles. The first-order chi connectivity index (χ1) is 14.7. The predicted octanol–water partition coefficient (Wildman–Crippen LogP) is 5.13. The molecule has 0 radical (unpaired) electrons. The fourth-order valence-electron chi connectivity index (χ4n) is 4.08. The highest BCUT2D eigenvalue weighted by atomic mass is 35.5. The van der Waals surface area contributed by atoms with Crippen molar-refractivity contribution in [1.82, 2.24) is 10.3 Å². The zero-order valence-corrected chi connectivity index (χ0v) is 17.9. The lowest BCUT2D eigenvalue weighted by Crippen LogP contribution is -2.45. The third kappa shape index (κ3) is 5.06. The summed E-state index contributed by atoms with van der Waals surface area (Å²) in [4.78, 5) is 18.4. The van der Waals surface area contributed by atoms with Gasteiger partial charge < -0.3 is 15.2 Å². The molecule has 156 valence electrons. The van der Waals surface area contributed by atoms with Gasteiger partial charge >= 0.3 is 0 Å². The van der Waals surface area contributed by atoms with Crippen molar-refractivity contribution in [2.24, 2.45) is 0 Å². The summed E-state index contributed by atoms with van der Waals surface area (Å²) in [5, 5.41) is 3.90. The van der Waals surface area contributed by atoms with Gasteiger partial charge in [0.05, 0.1) is 0 Å². The van der Waals surface area contributed by atoms with E-state index in [0.29, 0.717) is 6.54 Å². The maximum Gasteiger partial charge on any atom is 0.242 e. The van der Waals surface area contributed by atoms with Crippen LogP contribution in [0.1, 0.15) is 36.0 Å². The van der Waals surface area contributed by atoms with Crippen molar-refractivity contribution in [1.29, 1.82) is 0 Å². The number of rotatable bonds is 7. The fraction of sp³-hybridized carbons (Fsp3) is 0.320. The van der Waals surface area contributed by atoms with Crippen molar-refractivity contribution >= 4 is 23.3 Å². The van der Waals surface area contributed by atoms with Crippen molar-refractivity contribution in [3.8, 4) is 0 Å². The SMILES string of the molecule is O=C1NCCCCC1N(Cc1ccccc1)c1cc(CCc2ccccc2Cl)c[nH]1. The molecule has 1 atom stereocenters. The molecule has 0 spiro atoms. The summed E-state index contributed by atoms with van der Waals surface area (Å²) in [6.45, 7) is 1.46. The molecule has 1 aliphatic rings. The number of aromatic amines is 1. The lowest BCUT2D eigenvalue weighted by molar-refractivity contribution is -0.122. The van der Waals surface area contributed by atoms with Crippen LogP contribution in [0, 0.1) is 0 Å². The average molecular weight is 422 g/mol. The number of aryl methyl sites for hydroxylation is 2. The third-order valence-electron chi connectivity index (χ3n) is 5.76. The summed E-state index contributed by atoms with van der Waals surface area (Å²) in [7, 11) is 0. The molecular formula is C25H28ClN3O. The number of nitrogens with zero attached hydrogens (tertiary/aromatic N) is 1. The number of carbonyl (C=O) groups is 1. The maximum absolute atomic E-state index is 12.8. The number of halogens is 1. The van der Waals surface area contributed by atoms with Crippen LogP contribution < -0.4 is 10.2 Å². The molecule has 2 aromatic carbocycles. The van der Waals surface area contributed by atoms with Gasteiger partial charge in [-0.1, -0.05) is 60.1 Å². The Balaban J connectivity index is 1.54. The molecule has 1 fully saturated rings. The fourth-order valence-corrected chi connectivity index (χ4v) is 4.31. The Kier molecular flexibility index (Phi) is 6.75. The van der Waals surface area contributed by atoms with E-state index in [9.17, 15) is 4.79 Å². The number of carbonyl (C=O) groups excluding carboxylic acids is 1. The van der Waals surface area contributed by atoms with E-state index < -0.39 is 0 Å². The number of hydrogen-bond acceptors (Lipinski definition) is 2. The van der Waals surface area contributed by atoms with Crippen molar-refractivity contribution in [2.75, 3.05) is 11.4 Å². The van der Waals surface area contributed by atoms with Crippen LogP contribution in [0.15, 0.2) is 66.9 Å². The molecule has 2 N–H and O–H groups in total. The van der Waals surface area contributed by atoms with Gasteiger partial charge in [0.2, 0.25) is 5.91 Å². The van der Waals surface area contributed by atoms with Crippen LogP contribution in [-0.4, -0.2) is 23.5 Å². The lowest BCUT2D eigenvalue weighted by Gasteiger charge is -2.31. The van der Waals surface area contributed by atoms with E-state index in [4.69, 9.17) is 11.6 Å². The van der Waals surface area contributed by atoms with Gasteiger partial charge in [-0.05, 0) is 60.9 Å². The molecule has 5 heteroatoms. The number of hydrogen-bond donors (Lipinski definition) is 2. The molecule has 2 heterocycles. The van der Waals surface area contributed by atoms with E-state index in [0.717, 1.165) is 55.1 Å². The van der Waals surface area contributed by atoms with Crippen LogP contribution in [-0.2, 0) is 24.2 Å². The predicted molar refractivity (Wildman–Crippen MR) is 123 cm³/mol. The van der Waals surface area contributed by atoms with E-state index in [1.165, 1.54) is 11.1 Å². The summed E-state index contributed by atoms with van der Waals surface area (Å²) >= 11 is 6.31. The highest BCUT2D eigenvalue weighted by Crippen LogP contribution is 2.25. The number of H-pyrrole nitrogens is 1. The van der Waals surface area contributed by atoms with Crippen LogP contribution in [0.5, 0.6) is 0 Å². The zero-order valence-electron chi connectivity index (χ0n) is 17.1. The second-order valence-corrected chi connectivity index (χ2v) is 8.31. The van der Waals surface area contributed by atoms with E-state index in [1.54, 1.807) is 0 Å². The lowest BCUT2D eigenvalue weighted by atomic mass is 10.1. The van der Waals surface area contributed by atoms with Gasteiger partial charge in [0, 0.05) is 24.3 Å². The number of anilines is 1. The van der Waals surface area contributed by atoms with Gasteiger partial charge in [0.15, 0.2) is 0 Å². The smallest absolute Gasteiger partial charge is 0.242 e. The van der Waals surface area contributed by atoms with Gasteiger partial charge in [-0.15, -0.1) is 0 Å². The minimum atomic E-state index is -0.164. The van der Waals surface area contributed by atoms with Gasteiger partial charge in [0.1, 0.15) is 11.9 Å². The summed E-state index contributed by atoms with van der Waals surface area (Å²) in [5.74, 6) is 1.12. The van der Waals surface area contributed by atoms with Crippen LogP contribution in [0.2, 0.25) is 5.02 Å². The average Bonchev–Trinajstić information content (AvgIpc) is 3.13. The number of benzene rings is 2. The van der Waals surface area contributed by atoms with Gasteiger partial charge in [-0.2, -0.15) is 0 Å². The third-order valence-corrected chi connectivity index (χ3v) is 6.12. The zero-order chi connectivity index (χ0) is 20.8. The maximum atomic E-state index is 12.8. The molecule has 0 bridgehead atoms. The number of nitrogens with one attached hydrogen (secondary N) is 2. The topological polar surface area (TPSA) is 48.1 Å². The van der Waals surface area contributed by atoms with Crippen LogP contribution >= 0.6 is 11.6 Å². The number of amides is 1. The summed E-state index contributed by atoms with van der Waals surface area (Å²) in [5.41, 5.74) is 3.57. The summed E-state index contributed by atoms with van der Waals surface area (Å²) < 4.78 is 0. The van der Waals surface area contributed by atoms with Crippen molar-refractivity contribution in [3.63, 3.8) is 0 Å². The van der Waals surface area contributed by atoms with Crippen LogP contribution in [0.4, 0.5) is 5.82 Å². The van der Waals surface area contributed by atoms with E-state index in [1.807, 2.05) is 36.4 Å². The Labute approximate surface area is 183 Å². The molecule has 0 aliphatic carbocycles. The van der Waals surface area contributed by atoms with Gasteiger partial charge in [-0.25, -0.2) is 0 Å². The standard InChI is InChI=1S/C25H28ClN3O/c26-22-11-5-4-10-21(22)14-13-20-16-24(28-17-20)29(18-19-8-2-1-3-9-19)23-12-6-7-15-27-25(23)30/h1-5,8-11,16-17,23,28H,6-7,12-15,18H2,(H,27,30). The second-order valence-electron chi connectivity index (χ2n) is 7.90. The Bertz CT molecular complexity index is 969. The molecule has 1 amide bonds. The minimum absolute atomic E-state index is 0.121. The Morgan fingerprint density at radius 2 is 1.77 bits per heavy atom. The largest absolute Gasteiger partial charge is 0.354 e. The molecular weight excluding hydrogens is 394 g/mol. The molecule has 1 unspecified atom stereocenters. The Morgan fingerprint density at radius 3 is 2.60 bits per heavy atom. The van der Waals surface area contributed by atoms with Crippen molar-refractivity contribution in [3.05, 3.63) is 88.6 Å². The number of aromatic nitrogens is 1. The molecule has 4 nitrogen and oxygen atoms in total. The summed E-state index contributed by atoms with van der Waals surface area (Å²) in [6.07, 6.45) is 6.80. The normalized spacial score (nSPS) is 16.7. The Hall–Kier alpha value is -2.72. The first kappa shape index (κ1) is 20.5. The van der Waals surface area contributed by atoms with E-state index >= 15 is 0 Å². The molecule has 4 rings (SSSR count). The molecule has 30 heavy (non-hydrogen) atoms. The quantitative estimate of drug-likeness (QED) is 0.555. The summed E-state index contributed by atoms with van der Waals surface area (Å²) in [6, 6.07) is 20.4. The van der Waals surface area contributed by atoms with Crippen LogP contribution in [0.25, 0.3) is 0 Å². The first-order valence-corrected chi connectivity index (χ1v) is 11.1. The highest BCUT2D eigenvalue weighted by molar-refractivity contribution is 6.31. The van der Waals surface area contributed by atoms with Gasteiger partial charge in [-0.3, -0.25) is 4.79 Å².